The Labute approximate surface area is 210 Å². The van der Waals surface area contributed by atoms with E-state index in [1.807, 2.05) is 42.5 Å². The van der Waals surface area contributed by atoms with E-state index in [0.29, 0.717) is 40.7 Å². The number of benzene rings is 2. The van der Waals surface area contributed by atoms with Crippen molar-refractivity contribution in [3.05, 3.63) is 76.6 Å². The molecule has 2 aliphatic rings. The molecule has 0 spiro atoms. The van der Waals surface area contributed by atoms with Gasteiger partial charge in [0.1, 0.15) is 5.70 Å². The number of fused-ring (bicyclic) bond motifs is 1. The monoisotopic (exact) mass is 500 g/mol. The maximum absolute atomic E-state index is 12.0. The van der Waals surface area contributed by atoms with Crippen LogP contribution in [-0.4, -0.2) is 37.6 Å². The Kier molecular flexibility index (Phi) is 5.49. The molecule has 0 bridgehead atoms. The molecule has 2 aromatic heterocycles. The van der Waals surface area contributed by atoms with Crippen molar-refractivity contribution in [3.8, 4) is 11.1 Å². The highest BCUT2D eigenvalue weighted by atomic mass is 35.5. The van der Waals surface area contributed by atoms with Gasteiger partial charge in [0.2, 0.25) is 11.9 Å². The van der Waals surface area contributed by atoms with Crippen molar-refractivity contribution in [1.82, 2.24) is 30.2 Å². The molecule has 2 aromatic carbocycles. The summed E-state index contributed by atoms with van der Waals surface area (Å²) in [5.41, 5.74) is 4.35. The molecule has 4 N–H and O–H groups in total. The van der Waals surface area contributed by atoms with Crippen LogP contribution in [0.5, 0.6) is 0 Å². The lowest BCUT2D eigenvalue weighted by atomic mass is 10.00. The number of amides is 3. The molecule has 1 aliphatic heterocycles. The first-order valence-corrected chi connectivity index (χ1v) is 11.9. The third-order valence-corrected chi connectivity index (χ3v) is 6.15. The molecule has 36 heavy (non-hydrogen) atoms. The molecule has 6 rings (SSSR count). The Bertz CT molecular complexity index is 1540. The summed E-state index contributed by atoms with van der Waals surface area (Å²) in [5, 5.41) is 16.5. The van der Waals surface area contributed by atoms with Crippen LogP contribution in [0.25, 0.3) is 22.9 Å². The summed E-state index contributed by atoms with van der Waals surface area (Å²) >= 11 is 6.22. The third-order valence-electron chi connectivity index (χ3n) is 5.92. The predicted octanol–water partition coefficient (Wildman–Crippen LogP) is 3.81. The number of urea groups is 1. The molecule has 0 unspecified atom stereocenters. The zero-order valence-electron chi connectivity index (χ0n) is 19.0. The summed E-state index contributed by atoms with van der Waals surface area (Å²) in [6.45, 7) is 0.477. The first kappa shape index (κ1) is 22.1. The first-order chi connectivity index (χ1) is 17.5. The number of nitrogens with one attached hydrogen (secondary N) is 4. The second kappa shape index (κ2) is 8.97. The van der Waals surface area contributed by atoms with Crippen LogP contribution in [0.15, 0.2) is 60.4 Å². The van der Waals surface area contributed by atoms with E-state index in [0.717, 1.165) is 29.5 Å². The lowest BCUT2D eigenvalue weighted by Crippen LogP contribution is -2.22. The van der Waals surface area contributed by atoms with E-state index in [1.54, 1.807) is 16.8 Å². The molecule has 1 aliphatic carbocycles. The average Bonchev–Trinajstić information content (AvgIpc) is 3.51. The predicted molar refractivity (Wildman–Crippen MR) is 136 cm³/mol. The number of aromatic nitrogens is 4. The number of halogens is 1. The van der Waals surface area contributed by atoms with Crippen LogP contribution >= 0.6 is 11.6 Å². The van der Waals surface area contributed by atoms with E-state index in [-0.39, 0.29) is 5.70 Å². The van der Waals surface area contributed by atoms with E-state index in [9.17, 15) is 9.59 Å². The minimum Gasteiger partial charge on any atom is -0.351 e. The van der Waals surface area contributed by atoms with Gasteiger partial charge in [-0.3, -0.25) is 10.1 Å². The molecule has 1 saturated carbocycles. The number of anilines is 2. The van der Waals surface area contributed by atoms with Gasteiger partial charge in [0, 0.05) is 23.2 Å². The van der Waals surface area contributed by atoms with Crippen molar-refractivity contribution in [1.29, 1.82) is 0 Å². The molecule has 3 amide bonds. The van der Waals surface area contributed by atoms with Gasteiger partial charge < -0.3 is 16.0 Å². The van der Waals surface area contributed by atoms with Gasteiger partial charge in [-0.1, -0.05) is 48.0 Å². The smallest absolute Gasteiger partial charge is 0.326 e. The lowest BCUT2D eigenvalue weighted by Gasteiger charge is -2.13. The normalized spacial score (nSPS) is 16.3. The van der Waals surface area contributed by atoms with Gasteiger partial charge in [-0.05, 0) is 47.7 Å². The molecule has 180 valence electrons. The van der Waals surface area contributed by atoms with Crippen molar-refractivity contribution in [3.63, 3.8) is 0 Å². The Morgan fingerprint density at radius 3 is 2.72 bits per heavy atom. The van der Waals surface area contributed by atoms with E-state index in [1.165, 1.54) is 0 Å². The zero-order valence-corrected chi connectivity index (χ0v) is 19.7. The summed E-state index contributed by atoms with van der Waals surface area (Å²) in [6, 6.07) is 15.6. The maximum Gasteiger partial charge on any atom is 0.326 e. The average molecular weight is 501 g/mol. The van der Waals surface area contributed by atoms with Crippen LogP contribution in [0, 0.1) is 0 Å². The Hall–Kier alpha value is -4.44. The van der Waals surface area contributed by atoms with Crippen LogP contribution in [0.4, 0.5) is 16.7 Å². The highest BCUT2D eigenvalue weighted by Crippen LogP contribution is 2.28. The van der Waals surface area contributed by atoms with E-state index < -0.39 is 11.9 Å². The number of rotatable bonds is 7. The fraction of sp³-hybridized carbons (Fsp3) is 0.160. The van der Waals surface area contributed by atoms with Crippen LogP contribution in [0.3, 0.4) is 0 Å². The van der Waals surface area contributed by atoms with Gasteiger partial charge in [0.05, 0.1) is 6.20 Å². The number of carbonyl (C=O) groups excluding carboxylic acids is 2. The molecule has 4 aromatic rings. The van der Waals surface area contributed by atoms with Crippen molar-refractivity contribution in [2.75, 3.05) is 10.6 Å². The molecule has 0 atom stereocenters. The molecule has 10 nitrogen and oxygen atoms in total. The number of nitrogens with zero attached hydrogens (tertiary/aromatic N) is 4. The zero-order chi connectivity index (χ0) is 24.6. The topological polar surface area (TPSA) is 125 Å². The molecular formula is C25H21ClN8O2. The Balaban J connectivity index is 1.34. The van der Waals surface area contributed by atoms with Gasteiger partial charge >= 0.3 is 6.03 Å². The SMILES string of the molecule is O=C1NC(=O)C(=Cc2cnn3c(NC4CC4)nc(NCc4ccccc4-c4cccc(Cl)c4)nc23)N1. The summed E-state index contributed by atoms with van der Waals surface area (Å²) in [4.78, 5) is 32.8. The maximum atomic E-state index is 12.0. The minimum absolute atomic E-state index is 0.134. The van der Waals surface area contributed by atoms with Crippen LogP contribution in [0.2, 0.25) is 5.02 Å². The first-order valence-electron chi connectivity index (χ1n) is 11.5. The standard InChI is InChI=1S/C25H21ClN8O2/c26-17-6-3-5-14(10-17)19-7-2-1-4-15(19)12-27-23-31-21-16(11-20-22(35)32-25(36)30-20)13-28-34(21)24(33-23)29-18-8-9-18/h1-7,10-11,13,18H,8-9,12H2,(H2,27,29,31,33)(H2,30,32,35,36). The van der Waals surface area contributed by atoms with Crippen LogP contribution in [0.1, 0.15) is 24.0 Å². The van der Waals surface area contributed by atoms with Crippen LogP contribution < -0.4 is 21.3 Å². The van der Waals surface area contributed by atoms with Crippen LogP contribution in [-0.2, 0) is 11.3 Å². The fourth-order valence-electron chi connectivity index (χ4n) is 4.00. The summed E-state index contributed by atoms with van der Waals surface area (Å²) in [5.74, 6) is 0.463. The van der Waals surface area contributed by atoms with E-state index >= 15 is 0 Å². The van der Waals surface area contributed by atoms with Gasteiger partial charge in [-0.25, -0.2) is 4.79 Å². The quantitative estimate of drug-likeness (QED) is 0.224. The van der Waals surface area contributed by atoms with Crippen molar-refractivity contribution >= 4 is 47.2 Å². The molecule has 2 fully saturated rings. The third kappa shape index (κ3) is 4.46. The van der Waals surface area contributed by atoms with Gasteiger partial charge in [0.15, 0.2) is 5.65 Å². The number of hydrogen-bond acceptors (Lipinski definition) is 7. The largest absolute Gasteiger partial charge is 0.351 e. The molecule has 0 radical (unpaired) electrons. The Morgan fingerprint density at radius 2 is 1.94 bits per heavy atom. The van der Waals surface area contributed by atoms with E-state index in [4.69, 9.17) is 11.6 Å². The number of carbonyl (C=O) groups is 2. The second-order valence-electron chi connectivity index (χ2n) is 8.61. The Morgan fingerprint density at radius 1 is 1.08 bits per heavy atom. The van der Waals surface area contributed by atoms with Crippen molar-refractivity contribution in [2.24, 2.45) is 0 Å². The molecule has 11 heteroatoms. The van der Waals surface area contributed by atoms with Gasteiger partial charge in [0.25, 0.3) is 5.91 Å². The molecule has 1 saturated heterocycles. The number of hydrogen-bond donors (Lipinski definition) is 4. The van der Waals surface area contributed by atoms with Gasteiger partial charge in [-0.15, -0.1) is 0 Å². The fourth-order valence-corrected chi connectivity index (χ4v) is 4.19. The number of imide groups is 1. The van der Waals surface area contributed by atoms with Crippen molar-refractivity contribution in [2.45, 2.75) is 25.4 Å². The highest BCUT2D eigenvalue weighted by Gasteiger charge is 2.26. The second-order valence-corrected chi connectivity index (χ2v) is 9.05. The van der Waals surface area contributed by atoms with Gasteiger partial charge in [-0.2, -0.15) is 19.6 Å². The minimum atomic E-state index is -0.561. The highest BCUT2D eigenvalue weighted by molar-refractivity contribution is 6.30. The van der Waals surface area contributed by atoms with E-state index in [2.05, 4.69) is 42.4 Å². The summed E-state index contributed by atoms with van der Waals surface area (Å²) in [6.07, 6.45) is 5.26. The summed E-state index contributed by atoms with van der Waals surface area (Å²) < 4.78 is 1.60. The lowest BCUT2D eigenvalue weighted by molar-refractivity contribution is -0.115. The molecular weight excluding hydrogens is 480 g/mol. The summed E-state index contributed by atoms with van der Waals surface area (Å²) in [7, 11) is 0. The molecule has 3 heterocycles. The van der Waals surface area contributed by atoms with Crippen molar-refractivity contribution < 1.29 is 9.59 Å².